The van der Waals surface area contributed by atoms with E-state index in [0.29, 0.717) is 12.0 Å². The zero-order chi connectivity index (χ0) is 12.1. The Kier molecular flexibility index (Phi) is 4.37. The second-order valence-corrected chi connectivity index (χ2v) is 3.71. The van der Waals surface area contributed by atoms with E-state index >= 15 is 0 Å². The Bertz CT molecular complexity index is 382. The number of nitro benzene ring substituents is 1. The first-order chi connectivity index (χ1) is 7.56. The summed E-state index contributed by atoms with van der Waals surface area (Å²) < 4.78 is 12.9. The van der Waals surface area contributed by atoms with E-state index in [9.17, 15) is 14.5 Å². The lowest BCUT2D eigenvalue weighted by Gasteiger charge is -2.11. The van der Waals surface area contributed by atoms with Gasteiger partial charge < -0.3 is 5.73 Å². The number of benzene rings is 1. The third-order valence-electron chi connectivity index (χ3n) is 2.46. The van der Waals surface area contributed by atoms with Crippen LogP contribution in [0.15, 0.2) is 18.2 Å². The average Bonchev–Trinajstić information content (AvgIpc) is 2.25. The molecule has 0 aromatic heterocycles. The third-order valence-corrected chi connectivity index (χ3v) is 2.46. The average molecular weight is 226 g/mol. The van der Waals surface area contributed by atoms with Crippen molar-refractivity contribution in [3.8, 4) is 0 Å². The Labute approximate surface area is 93.4 Å². The number of rotatable bonds is 5. The Morgan fingerprint density at radius 3 is 2.81 bits per heavy atom. The van der Waals surface area contributed by atoms with Crippen molar-refractivity contribution in [1.29, 1.82) is 0 Å². The second-order valence-electron chi connectivity index (χ2n) is 3.71. The van der Waals surface area contributed by atoms with Gasteiger partial charge in [0.05, 0.1) is 11.0 Å². The van der Waals surface area contributed by atoms with Crippen LogP contribution < -0.4 is 5.73 Å². The van der Waals surface area contributed by atoms with Crippen LogP contribution >= 0.6 is 0 Å². The van der Waals surface area contributed by atoms with Crippen LogP contribution in [0.4, 0.5) is 10.1 Å². The van der Waals surface area contributed by atoms with Crippen LogP contribution in [-0.2, 0) is 0 Å². The lowest BCUT2D eigenvalue weighted by Crippen LogP contribution is -2.12. The number of hydrogen-bond acceptors (Lipinski definition) is 3. The molecule has 1 aromatic carbocycles. The molecular weight excluding hydrogens is 211 g/mol. The van der Waals surface area contributed by atoms with E-state index in [1.165, 1.54) is 12.1 Å². The van der Waals surface area contributed by atoms with Gasteiger partial charge in [0.2, 0.25) is 0 Å². The SMILES string of the molecule is CCCC[C@@H](N)c1ccc(F)cc1[N+](=O)[O-]. The minimum Gasteiger partial charge on any atom is -0.324 e. The molecule has 16 heavy (non-hydrogen) atoms. The van der Waals surface area contributed by atoms with Gasteiger partial charge in [-0.3, -0.25) is 10.1 Å². The fourth-order valence-corrected chi connectivity index (χ4v) is 1.57. The Morgan fingerprint density at radius 2 is 2.25 bits per heavy atom. The maximum absolute atomic E-state index is 12.9. The van der Waals surface area contributed by atoms with Gasteiger partial charge in [-0.2, -0.15) is 0 Å². The van der Waals surface area contributed by atoms with Crippen molar-refractivity contribution in [2.75, 3.05) is 0 Å². The molecule has 0 aliphatic heterocycles. The summed E-state index contributed by atoms with van der Waals surface area (Å²) in [6, 6.07) is 3.12. The van der Waals surface area contributed by atoms with E-state index in [0.717, 1.165) is 18.9 Å². The summed E-state index contributed by atoms with van der Waals surface area (Å²) in [5.41, 5.74) is 6.01. The Morgan fingerprint density at radius 1 is 1.56 bits per heavy atom. The third kappa shape index (κ3) is 3.00. The molecule has 0 radical (unpaired) electrons. The molecule has 0 heterocycles. The molecule has 0 saturated carbocycles. The van der Waals surface area contributed by atoms with Gasteiger partial charge in [-0.25, -0.2) is 4.39 Å². The van der Waals surface area contributed by atoms with E-state index in [-0.39, 0.29) is 5.69 Å². The molecule has 1 atom stereocenters. The molecule has 0 amide bonds. The fraction of sp³-hybridized carbons (Fsp3) is 0.455. The van der Waals surface area contributed by atoms with Crippen LogP contribution in [0, 0.1) is 15.9 Å². The molecule has 5 heteroatoms. The molecule has 0 fully saturated rings. The first-order valence-electron chi connectivity index (χ1n) is 5.25. The highest BCUT2D eigenvalue weighted by atomic mass is 19.1. The predicted molar refractivity (Wildman–Crippen MR) is 59.5 cm³/mol. The largest absolute Gasteiger partial charge is 0.324 e. The number of nitro groups is 1. The maximum Gasteiger partial charge on any atom is 0.277 e. The number of nitrogens with two attached hydrogens (primary N) is 1. The van der Waals surface area contributed by atoms with Crippen LogP contribution in [0.5, 0.6) is 0 Å². The van der Waals surface area contributed by atoms with Gasteiger partial charge in [-0.1, -0.05) is 19.8 Å². The van der Waals surface area contributed by atoms with Crippen molar-refractivity contribution in [2.45, 2.75) is 32.2 Å². The van der Waals surface area contributed by atoms with Gasteiger partial charge >= 0.3 is 0 Å². The van der Waals surface area contributed by atoms with E-state index in [2.05, 4.69) is 0 Å². The predicted octanol–water partition coefficient (Wildman–Crippen LogP) is 2.92. The Hall–Kier alpha value is -1.49. The molecule has 88 valence electrons. The van der Waals surface area contributed by atoms with Gasteiger partial charge in [-0.15, -0.1) is 0 Å². The first-order valence-corrected chi connectivity index (χ1v) is 5.25. The highest BCUT2D eigenvalue weighted by molar-refractivity contribution is 5.42. The molecule has 0 unspecified atom stereocenters. The van der Waals surface area contributed by atoms with Crippen LogP contribution in [0.2, 0.25) is 0 Å². The number of nitrogens with zero attached hydrogens (tertiary/aromatic N) is 1. The van der Waals surface area contributed by atoms with Crippen molar-refractivity contribution in [3.63, 3.8) is 0 Å². The molecule has 4 nitrogen and oxygen atoms in total. The molecular formula is C11H15FN2O2. The second kappa shape index (κ2) is 5.55. The summed E-state index contributed by atoms with van der Waals surface area (Å²) in [6.07, 6.45) is 2.54. The first kappa shape index (κ1) is 12.6. The zero-order valence-corrected chi connectivity index (χ0v) is 9.15. The number of hydrogen-bond donors (Lipinski definition) is 1. The molecule has 0 aliphatic carbocycles. The molecule has 2 N–H and O–H groups in total. The normalized spacial score (nSPS) is 12.4. The lowest BCUT2D eigenvalue weighted by molar-refractivity contribution is -0.385. The van der Waals surface area contributed by atoms with Crippen molar-refractivity contribution < 1.29 is 9.31 Å². The van der Waals surface area contributed by atoms with Crippen LogP contribution in [0.3, 0.4) is 0 Å². The van der Waals surface area contributed by atoms with Crippen LogP contribution in [-0.4, -0.2) is 4.92 Å². The van der Waals surface area contributed by atoms with Gasteiger partial charge in [0.25, 0.3) is 5.69 Å². The van der Waals surface area contributed by atoms with Crippen molar-refractivity contribution in [1.82, 2.24) is 0 Å². The standard InChI is InChI=1S/C11H15FN2O2/c1-2-3-4-10(13)9-6-5-8(12)7-11(9)14(15)16/h5-7,10H,2-4,13H2,1H3/t10-/m1/s1. The van der Waals surface area contributed by atoms with E-state index in [1.807, 2.05) is 6.92 Å². The van der Waals surface area contributed by atoms with Crippen molar-refractivity contribution >= 4 is 5.69 Å². The monoisotopic (exact) mass is 226 g/mol. The summed E-state index contributed by atoms with van der Waals surface area (Å²) in [6.45, 7) is 2.02. The quantitative estimate of drug-likeness (QED) is 0.619. The topological polar surface area (TPSA) is 69.2 Å². The maximum atomic E-state index is 12.9. The smallest absolute Gasteiger partial charge is 0.277 e. The molecule has 0 saturated heterocycles. The summed E-state index contributed by atoms with van der Waals surface area (Å²) >= 11 is 0. The summed E-state index contributed by atoms with van der Waals surface area (Å²) in [7, 11) is 0. The molecule has 0 aliphatic rings. The van der Waals surface area contributed by atoms with Crippen LogP contribution in [0.25, 0.3) is 0 Å². The lowest BCUT2D eigenvalue weighted by atomic mass is 10.0. The van der Waals surface area contributed by atoms with Gasteiger partial charge in [0.15, 0.2) is 0 Å². The number of unbranched alkanes of at least 4 members (excludes halogenated alkanes) is 1. The minimum absolute atomic E-state index is 0.233. The van der Waals surface area contributed by atoms with E-state index in [1.54, 1.807) is 0 Å². The zero-order valence-electron chi connectivity index (χ0n) is 9.15. The molecule has 0 spiro atoms. The van der Waals surface area contributed by atoms with Crippen molar-refractivity contribution in [2.24, 2.45) is 5.73 Å². The number of halogens is 1. The molecule has 1 rings (SSSR count). The highest BCUT2D eigenvalue weighted by Crippen LogP contribution is 2.27. The van der Waals surface area contributed by atoms with Crippen LogP contribution in [0.1, 0.15) is 37.8 Å². The van der Waals surface area contributed by atoms with E-state index in [4.69, 9.17) is 5.73 Å². The fourth-order valence-electron chi connectivity index (χ4n) is 1.57. The van der Waals surface area contributed by atoms with Crippen molar-refractivity contribution in [3.05, 3.63) is 39.7 Å². The van der Waals surface area contributed by atoms with E-state index < -0.39 is 16.8 Å². The van der Waals surface area contributed by atoms with Gasteiger partial charge in [0.1, 0.15) is 5.82 Å². The summed E-state index contributed by atoms with van der Waals surface area (Å²) in [5, 5.41) is 10.7. The van der Waals surface area contributed by atoms with Gasteiger partial charge in [-0.05, 0) is 18.6 Å². The summed E-state index contributed by atoms with van der Waals surface area (Å²) in [5.74, 6) is -0.613. The minimum atomic E-state index is -0.613. The highest BCUT2D eigenvalue weighted by Gasteiger charge is 2.19. The molecule has 0 bridgehead atoms. The van der Waals surface area contributed by atoms with Gasteiger partial charge in [0, 0.05) is 11.6 Å². The summed E-state index contributed by atoms with van der Waals surface area (Å²) in [4.78, 5) is 10.1. The molecule has 1 aromatic rings. The Balaban J connectivity index is 2.98.